The van der Waals surface area contributed by atoms with Gasteiger partial charge >= 0.3 is 0 Å². The maximum absolute atomic E-state index is 11.7. The number of carbonyl (C=O) groups excluding carboxylic acids is 1. The first-order valence-electron chi connectivity index (χ1n) is 4.72. The second-order valence-corrected chi connectivity index (χ2v) is 3.64. The molecule has 0 atom stereocenters. The van der Waals surface area contributed by atoms with Crippen molar-refractivity contribution < 1.29 is 4.79 Å². The third kappa shape index (κ3) is 2.58. The van der Waals surface area contributed by atoms with Crippen molar-refractivity contribution >= 4 is 23.2 Å². The summed E-state index contributed by atoms with van der Waals surface area (Å²) in [5, 5.41) is 3.32. The Labute approximate surface area is 98.1 Å². The standard InChI is InChI=1S/C12H9ClN2O/c13-10-4-1-5-11(7-10)15-12(16)9-3-2-6-14-8-9/h1-8H,(H,15,16). The number of rotatable bonds is 2. The third-order valence-electron chi connectivity index (χ3n) is 2.01. The van der Waals surface area contributed by atoms with Crippen LogP contribution in [-0.4, -0.2) is 10.9 Å². The molecule has 0 radical (unpaired) electrons. The van der Waals surface area contributed by atoms with Crippen LogP contribution in [0.3, 0.4) is 0 Å². The normalized spacial score (nSPS) is 9.81. The molecule has 2 aromatic rings. The molecular weight excluding hydrogens is 224 g/mol. The van der Waals surface area contributed by atoms with Gasteiger partial charge in [0.25, 0.3) is 5.91 Å². The molecule has 1 aromatic heterocycles. The molecule has 0 aliphatic rings. The lowest BCUT2D eigenvalue weighted by molar-refractivity contribution is 0.102. The number of carbonyl (C=O) groups is 1. The van der Waals surface area contributed by atoms with Crippen molar-refractivity contribution in [1.82, 2.24) is 4.98 Å². The van der Waals surface area contributed by atoms with E-state index in [0.29, 0.717) is 16.3 Å². The number of halogens is 1. The Hall–Kier alpha value is -1.87. The van der Waals surface area contributed by atoms with E-state index in [2.05, 4.69) is 10.3 Å². The number of anilines is 1. The highest BCUT2D eigenvalue weighted by atomic mass is 35.5. The van der Waals surface area contributed by atoms with Crippen LogP contribution >= 0.6 is 11.6 Å². The largest absolute Gasteiger partial charge is 0.322 e. The lowest BCUT2D eigenvalue weighted by Crippen LogP contribution is -2.11. The van der Waals surface area contributed by atoms with Gasteiger partial charge in [0.2, 0.25) is 0 Å². The van der Waals surface area contributed by atoms with Gasteiger partial charge in [0, 0.05) is 23.1 Å². The zero-order chi connectivity index (χ0) is 11.4. The van der Waals surface area contributed by atoms with Crippen LogP contribution in [0.5, 0.6) is 0 Å². The molecule has 1 amide bonds. The predicted molar refractivity (Wildman–Crippen MR) is 63.6 cm³/mol. The number of hydrogen-bond acceptors (Lipinski definition) is 2. The highest BCUT2D eigenvalue weighted by molar-refractivity contribution is 6.30. The minimum Gasteiger partial charge on any atom is -0.322 e. The average molecular weight is 233 g/mol. The van der Waals surface area contributed by atoms with E-state index in [9.17, 15) is 4.79 Å². The second-order valence-electron chi connectivity index (χ2n) is 3.21. The van der Waals surface area contributed by atoms with E-state index in [0.717, 1.165) is 0 Å². The second kappa shape index (κ2) is 4.77. The summed E-state index contributed by atoms with van der Waals surface area (Å²) in [7, 11) is 0. The van der Waals surface area contributed by atoms with Crippen LogP contribution in [0.2, 0.25) is 5.02 Å². The molecule has 0 unspecified atom stereocenters. The lowest BCUT2D eigenvalue weighted by Gasteiger charge is -2.04. The number of pyridine rings is 1. The molecule has 16 heavy (non-hydrogen) atoms. The molecule has 4 heteroatoms. The molecule has 0 fully saturated rings. The van der Waals surface area contributed by atoms with Crippen molar-refractivity contribution in [2.24, 2.45) is 0 Å². The fourth-order valence-corrected chi connectivity index (χ4v) is 1.46. The summed E-state index contributed by atoms with van der Waals surface area (Å²) in [4.78, 5) is 15.6. The zero-order valence-electron chi connectivity index (χ0n) is 8.35. The Morgan fingerprint density at radius 3 is 2.81 bits per heavy atom. The van der Waals surface area contributed by atoms with Gasteiger partial charge in [0.1, 0.15) is 0 Å². The first kappa shape index (κ1) is 10.6. The molecule has 80 valence electrons. The summed E-state index contributed by atoms with van der Waals surface area (Å²) in [6, 6.07) is 10.4. The minimum absolute atomic E-state index is 0.199. The first-order chi connectivity index (χ1) is 7.75. The third-order valence-corrected chi connectivity index (χ3v) is 2.24. The minimum atomic E-state index is -0.199. The van der Waals surface area contributed by atoms with E-state index in [1.165, 1.54) is 6.20 Å². The highest BCUT2D eigenvalue weighted by Crippen LogP contribution is 2.15. The van der Waals surface area contributed by atoms with Crippen molar-refractivity contribution in [2.45, 2.75) is 0 Å². The average Bonchev–Trinajstić information content (AvgIpc) is 2.30. The van der Waals surface area contributed by atoms with Crippen LogP contribution in [0, 0.1) is 0 Å². The van der Waals surface area contributed by atoms with Gasteiger partial charge in [-0.1, -0.05) is 17.7 Å². The molecule has 0 bridgehead atoms. The van der Waals surface area contributed by atoms with Crippen LogP contribution in [0.4, 0.5) is 5.69 Å². The van der Waals surface area contributed by atoms with Gasteiger partial charge in [-0.05, 0) is 30.3 Å². The van der Waals surface area contributed by atoms with Gasteiger partial charge in [-0.25, -0.2) is 0 Å². The molecule has 3 nitrogen and oxygen atoms in total. The molecule has 0 saturated heterocycles. The van der Waals surface area contributed by atoms with Crippen molar-refractivity contribution in [1.29, 1.82) is 0 Å². The van der Waals surface area contributed by atoms with E-state index in [-0.39, 0.29) is 5.91 Å². The summed E-state index contributed by atoms with van der Waals surface area (Å²) in [5.74, 6) is -0.199. The lowest BCUT2D eigenvalue weighted by atomic mass is 10.2. The molecule has 0 aliphatic carbocycles. The predicted octanol–water partition coefficient (Wildman–Crippen LogP) is 2.99. The van der Waals surface area contributed by atoms with Gasteiger partial charge in [-0.3, -0.25) is 9.78 Å². The molecule has 0 aliphatic heterocycles. The fraction of sp³-hybridized carbons (Fsp3) is 0. The van der Waals surface area contributed by atoms with Crippen molar-refractivity contribution in [3.63, 3.8) is 0 Å². The van der Waals surface area contributed by atoms with Gasteiger partial charge in [-0.15, -0.1) is 0 Å². The highest BCUT2D eigenvalue weighted by Gasteiger charge is 2.05. The molecule has 2 rings (SSSR count). The molecule has 1 aromatic carbocycles. The van der Waals surface area contributed by atoms with Gasteiger partial charge in [-0.2, -0.15) is 0 Å². The number of benzene rings is 1. The fourth-order valence-electron chi connectivity index (χ4n) is 1.27. The Kier molecular flexibility index (Phi) is 3.17. The summed E-state index contributed by atoms with van der Waals surface area (Å²) < 4.78 is 0. The molecule has 1 heterocycles. The van der Waals surface area contributed by atoms with Crippen LogP contribution < -0.4 is 5.32 Å². The summed E-state index contributed by atoms with van der Waals surface area (Å²) in [6.45, 7) is 0. The van der Waals surface area contributed by atoms with Crippen molar-refractivity contribution in [3.05, 3.63) is 59.4 Å². The Balaban J connectivity index is 2.14. The molecule has 0 saturated carbocycles. The van der Waals surface area contributed by atoms with Crippen molar-refractivity contribution in [2.75, 3.05) is 5.32 Å². The topological polar surface area (TPSA) is 42.0 Å². The van der Waals surface area contributed by atoms with Gasteiger partial charge in [0.15, 0.2) is 0 Å². The Morgan fingerprint density at radius 1 is 1.25 bits per heavy atom. The zero-order valence-corrected chi connectivity index (χ0v) is 9.11. The number of aromatic nitrogens is 1. The van der Waals surface area contributed by atoms with E-state index < -0.39 is 0 Å². The number of hydrogen-bond donors (Lipinski definition) is 1. The molecular formula is C12H9ClN2O. The smallest absolute Gasteiger partial charge is 0.257 e. The summed E-state index contributed by atoms with van der Waals surface area (Å²) in [6.07, 6.45) is 3.13. The monoisotopic (exact) mass is 232 g/mol. The first-order valence-corrected chi connectivity index (χ1v) is 5.10. The summed E-state index contributed by atoms with van der Waals surface area (Å²) in [5.41, 5.74) is 1.18. The maximum atomic E-state index is 11.7. The van der Waals surface area contributed by atoms with Gasteiger partial charge in [0.05, 0.1) is 5.56 Å². The van der Waals surface area contributed by atoms with Crippen LogP contribution in [0.15, 0.2) is 48.8 Å². The molecule has 0 spiro atoms. The SMILES string of the molecule is O=C(Nc1cccc(Cl)c1)c1cccnc1. The van der Waals surface area contributed by atoms with E-state index in [1.807, 2.05) is 0 Å². The number of nitrogens with zero attached hydrogens (tertiary/aromatic N) is 1. The van der Waals surface area contributed by atoms with E-state index in [1.54, 1.807) is 42.6 Å². The maximum Gasteiger partial charge on any atom is 0.257 e. The van der Waals surface area contributed by atoms with E-state index in [4.69, 9.17) is 11.6 Å². The number of amides is 1. The van der Waals surface area contributed by atoms with Gasteiger partial charge < -0.3 is 5.32 Å². The number of nitrogens with one attached hydrogen (secondary N) is 1. The van der Waals surface area contributed by atoms with Crippen LogP contribution in [-0.2, 0) is 0 Å². The van der Waals surface area contributed by atoms with Crippen LogP contribution in [0.25, 0.3) is 0 Å². The van der Waals surface area contributed by atoms with Crippen molar-refractivity contribution in [3.8, 4) is 0 Å². The Morgan fingerprint density at radius 2 is 2.12 bits per heavy atom. The quantitative estimate of drug-likeness (QED) is 0.865. The van der Waals surface area contributed by atoms with E-state index >= 15 is 0 Å². The molecule has 1 N–H and O–H groups in total. The van der Waals surface area contributed by atoms with Crippen LogP contribution in [0.1, 0.15) is 10.4 Å². The Bertz CT molecular complexity index is 499. The summed E-state index contributed by atoms with van der Waals surface area (Å²) >= 11 is 5.81.